The molecule has 0 aromatic heterocycles. The molecule has 16 heavy (non-hydrogen) atoms. The number of fused-ring (bicyclic) bond motifs is 1. The summed E-state index contributed by atoms with van der Waals surface area (Å²) in [5.74, 6) is 0. The SMILES string of the molecule is CC(C)(C)CCc1[c]c2ccccc2cc1. The lowest BCUT2D eigenvalue weighted by Crippen LogP contribution is -2.06. The van der Waals surface area contributed by atoms with Crippen LogP contribution in [0.25, 0.3) is 10.8 Å². The first-order chi connectivity index (χ1) is 7.54. The molecule has 0 saturated carbocycles. The van der Waals surface area contributed by atoms with Crippen LogP contribution in [0.3, 0.4) is 0 Å². The Morgan fingerprint density at radius 3 is 2.50 bits per heavy atom. The number of hydrogen-bond acceptors (Lipinski definition) is 0. The van der Waals surface area contributed by atoms with Gasteiger partial charge in [-0.05, 0) is 40.7 Å². The van der Waals surface area contributed by atoms with Gasteiger partial charge in [-0.3, -0.25) is 0 Å². The van der Waals surface area contributed by atoms with Crippen LogP contribution >= 0.6 is 0 Å². The van der Waals surface area contributed by atoms with Gasteiger partial charge in [0, 0.05) is 0 Å². The first-order valence-electron chi connectivity index (χ1n) is 5.95. The van der Waals surface area contributed by atoms with E-state index in [2.05, 4.69) is 63.2 Å². The third kappa shape index (κ3) is 2.85. The van der Waals surface area contributed by atoms with Gasteiger partial charge in [-0.2, -0.15) is 0 Å². The Morgan fingerprint density at radius 2 is 1.75 bits per heavy atom. The van der Waals surface area contributed by atoms with E-state index in [4.69, 9.17) is 0 Å². The van der Waals surface area contributed by atoms with E-state index >= 15 is 0 Å². The normalized spacial score (nSPS) is 11.9. The molecule has 2 rings (SSSR count). The quantitative estimate of drug-likeness (QED) is 0.680. The number of benzene rings is 2. The van der Waals surface area contributed by atoms with Gasteiger partial charge in [0.15, 0.2) is 0 Å². The molecule has 0 aliphatic carbocycles. The van der Waals surface area contributed by atoms with E-state index in [0.717, 1.165) is 6.42 Å². The average Bonchev–Trinajstić information content (AvgIpc) is 2.25. The van der Waals surface area contributed by atoms with Crippen LogP contribution in [0.1, 0.15) is 32.8 Å². The first kappa shape index (κ1) is 11.2. The lowest BCUT2D eigenvalue weighted by Gasteiger charge is -2.17. The lowest BCUT2D eigenvalue weighted by molar-refractivity contribution is 0.378. The van der Waals surface area contributed by atoms with Crippen LogP contribution in [0, 0.1) is 11.5 Å². The fourth-order valence-corrected chi connectivity index (χ4v) is 1.82. The summed E-state index contributed by atoms with van der Waals surface area (Å²) in [6.07, 6.45) is 2.33. The molecule has 0 heteroatoms. The van der Waals surface area contributed by atoms with Crippen LogP contribution in [0.4, 0.5) is 0 Å². The van der Waals surface area contributed by atoms with Crippen LogP contribution in [0.15, 0.2) is 36.4 Å². The molecule has 0 unspecified atom stereocenters. The van der Waals surface area contributed by atoms with E-state index in [1.54, 1.807) is 0 Å². The topological polar surface area (TPSA) is 0 Å². The predicted octanol–water partition coefficient (Wildman–Crippen LogP) is 4.62. The van der Waals surface area contributed by atoms with E-state index in [-0.39, 0.29) is 0 Å². The van der Waals surface area contributed by atoms with Crippen molar-refractivity contribution in [2.24, 2.45) is 5.41 Å². The Labute approximate surface area is 98.3 Å². The van der Waals surface area contributed by atoms with Crippen LogP contribution in [-0.2, 0) is 6.42 Å². The minimum atomic E-state index is 0.402. The average molecular weight is 211 g/mol. The molecule has 0 spiro atoms. The second-order valence-corrected chi connectivity index (χ2v) is 5.63. The highest BCUT2D eigenvalue weighted by Crippen LogP contribution is 2.23. The van der Waals surface area contributed by atoms with E-state index in [0.29, 0.717) is 5.41 Å². The lowest BCUT2D eigenvalue weighted by atomic mass is 9.88. The Balaban J connectivity index is 2.20. The molecule has 0 amide bonds. The van der Waals surface area contributed by atoms with Crippen molar-refractivity contribution in [2.45, 2.75) is 33.6 Å². The van der Waals surface area contributed by atoms with Crippen molar-refractivity contribution in [3.63, 3.8) is 0 Å². The van der Waals surface area contributed by atoms with Crippen LogP contribution in [0.5, 0.6) is 0 Å². The second-order valence-electron chi connectivity index (χ2n) is 5.63. The fraction of sp³-hybridized carbons (Fsp3) is 0.375. The zero-order valence-corrected chi connectivity index (χ0v) is 10.4. The van der Waals surface area contributed by atoms with Crippen molar-refractivity contribution in [1.82, 2.24) is 0 Å². The molecule has 0 aliphatic rings. The second kappa shape index (κ2) is 4.29. The molecule has 0 heterocycles. The Hall–Kier alpha value is -1.30. The molecule has 0 saturated heterocycles. The summed E-state index contributed by atoms with van der Waals surface area (Å²) >= 11 is 0. The summed E-state index contributed by atoms with van der Waals surface area (Å²) in [6, 6.07) is 16.3. The minimum absolute atomic E-state index is 0.402. The van der Waals surface area contributed by atoms with Gasteiger partial charge >= 0.3 is 0 Å². The van der Waals surface area contributed by atoms with E-state index in [1.165, 1.54) is 22.8 Å². The van der Waals surface area contributed by atoms with Gasteiger partial charge in [0.1, 0.15) is 0 Å². The monoisotopic (exact) mass is 211 g/mol. The standard InChI is InChI=1S/C16H19/c1-16(2,3)11-10-13-8-9-14-6-4-5-7-15(14)12-13/h4-9H,10-11H2,1-3H3. The van der Waals surface area contributed by atoms with Crippen molar-refractivity contribution >= 4 is 10.8 Å². The molecule has 0 fully saturated rings. The minimum Gasteiger partial charge on any atom is -0.0616 e. The van der Waals surface area contributed by atoms with Gasteiger partial charge in [0.05, 0.1) is 0 Å². The van der Waals surface area contributed by atoms with Crippen molar-refractivity contribution in [3.8, 4) is 0 Å². The zero-order valence-electron chi connectivity index (χ0n) is 10.4. The highest BCUT2D eigenvalue weighted by Gasteiger charge is 2.10. The van der Waals surface area contributed by atoms with Gasteiger partial charge in [-0.25, -0.2) is 0 Å². The first-order valence-corrected chi connectivity index (χ1v) is 5.95. The van der Waals surface area contributed by atoms with E-state index < -0.39 is 0 Å². The van der Waals surface area contributed by atoms with E-state index in [1.807, 2.05) is 0 Å². The molecule has 2 aromatic rings. The fourth-order valence-electron chi connectivity index (χ4n) is 1.82. The van der Waals surface area contributed by atoms with Gasteiger partial charge in [0.2, 0.25) is 0 Å². The molecule has 0 N–H and O–H groups in total. The summed E-state index contributed by atoms with van der Waals surface area (Å²) in [4.78, 5) is 0. The maximum Gasteiger partial charge on any atom is -0.00643 e. The molecule has 0 nitrogen and oxygen atoms in total. The summed E-state index contributed by atoms with van der Waals surface area (Å²) in [7, 11) is 0. The summed E-state index contributed by atoms with van der Waals surface area (Å²) in [6.45, 7) is 6.86. The molecule has 83 valence electrons. The Bertz CT molecular complexity index is 475. The molecular weight excluding hydrogens is 192 g/mol. The third-order valence-electron chi connectivity index (χ3n) is 2.86. The predicted molar refractivity (Wildman–Crippen MR) is 70.6 cm³/mol. The number of hydrogen-bond donors (Lipinski definition) is 0. The largest absolute Gasteiger partial charge is 0.0616 e. The summed E-state index contributed by atoms with van der Waals surface area (Å²) in [5, 5.41) is 2.51. The van der Waals surface area contributed by atoms with Crippen molar-refractivity contribution in [3.05, 3.63) is 48.0 Å². The van der Waals surface area contributed by atoms with Crippen molar-refractivity contribution < 1.29 is 0 Å². The Kier molecular flexibility index (Phi) is 3.00. The highest BCUT2D eigenvalue weighted by molar-refractivity contribution is 5.82. The maximum atomic E-state index is 3.50. The van der Waals surface area contributed by atoms with Gasteiger partial charge in [-0.15, -0.1) is 0 Å². The number of aryl methyl sites for hydroxylation is 1. The van der Waals surface area contributed by atoms with Gasteiger partial charge in [-0.1, -0.05) is 57.2 Å². The zero-order chi connectivity index (χ0) is 11.6. The summed E-state index contributed by atoms with van der Waals surface area (Å²) < 4.78 is 0. The van der Waals surface area contributed by atoms with E-state index in [9.17, 15) is 0 Å². The van der Waals surface area contributed by atoms with Crippen molar-refractivity contribution in [2.75, 3.05) is 0 Å². The van der Waals surface area contributed by atoms with Crippen LogP contribution < -0.4 is 0 Å². The van der Waals surface area contributed by atoms with Gasteiger partial charge < -0.3 is 0 Å². The maximum absolute atomic E-state index is 3.50. The number of rotatable bonds is 2. The molecule has 0 aliphatic heterocycles. The van der Waals surface area contributed by atoms with Gasteiger partial charge in [0.25, 0.3) is 0 Å². The molecule has 0 bridgehead atoms. The molecule has 0 atom stereocenters. The molecule has 2 aromatic carbocycles. The van der Waals surface area contributed by atoms with Crippen LogP contribution in [-0.4, -0.2) is 0 Å². The van der Waals surface area contributed by atoms with Crippen LogP contribution in [0.2, 0.25) is 0 Å². The summed E-state index contributed by atoms with van der Waals surface area (Å²) in [5.41, 5.74) is 1.73. The smallest absolute Gasteiger partial charge is 0.00643 e. The molecular formula is C16H19. The van der Waals surface area contributed by atoms with Crippen molar-refractivity contribution in [1.29, 1.82) is 0 Å². The molecule has 1 radical (unpaired) electrons. The third-order valence-corrected chi connectivity index (χ3v) is 2.86. The highest BCUT2D eigenvalue weighted by atomic mass is 14.1. The Morgan fingerprint density at radius 1 is 1.00 bits per heavy atom.